The molecular weight excluding hydrogens is 416 g/mol. The van der Waals surface area contributed by atoms with Gasteiger partial charge in [-0.3, -0.25) is 0 Å². The van der Waals surface area contributed by atoms with Crippen LogP contribution in [-0.2, 0) is 6.54 Å². The molecule has 0 bridgehead atoms. The zero-order valence-corrected chi connectivity index (χ0v) is 17.3. The van der Waals surface area contributed by atoms with Crippen molar-refractivity contribution in [3.8, 4) is 40.0 Å². The van der Waals surface area contributed by atoms with Crippen molar-refractivity contribution in [1.29, 1.82) is 5.26 Å². The number of hydrogen-bond acceptors (Lipinski definition) is 7. The molecule has 0 spiro atoms. The summed E-state index contributed by atoms with van der Waals surface area (Å²) in [7, 11) is 0. The van der Waals surface area contributed by atoms with E-state index < -0.39 is 5.69 Å². The average molecular weight is 432 g/mol. The number of aromatic nitrogens is 5. The van der Waals surface area contributed by atoms with E-state index in [1.165, 1.54) is 4.68 Å². The smallest absolute Gasteiger partial charge is 0.365 e. The fourth-order valence-electron chi connectivity index (χ4n) is 3.39. The molecule has 0 aliphatic rings. The Kier molecular flexibility index (Phi) is 5.27. The van der Waals surface area contributed by atoms with Crippen molar-refractivity contribution >= 4 is 0 Å². The van der Waals surface area contributed by atoms with Gasteiger partial charge in [0.05, 0.1) is 11.6 Å². The Hall–Kier alpha value is -4.90. The third kappa shape index (κ3) is 4.16. The quantitative estimate of drug-likeness (QED) is 0.413. The maximum atomic E-state index is 12.8. The molecule has 0 saturated carbocycles. The van der Waals surface area contributed by atoms with Gasteiger partial charge in [-0.1, -0.05) is 66.7 Å². The van der Waals surface area contributed by atoms with Gasteiger partial charge in [0, 0.05) is 16.7 Å². The number of rotatable bonds is 5. The van der Waals surface area contributed by atoms with Crippen LogP contribution in [0.4, 0.5) is 0 Å². The van der Waals surface area contributed by atoms with Crippen molar-refractivity contribution in [2.75, 3.05) is 0 Å². The van der Waals surface area contributed by atoms with Crippen molar-refractivity contribution in [2.24, 2.45) is 0 Å². The lowest BCUT2D eigenvalue weighted by Crippen LogP contribution is -2.27. The molecule has 33 heavy (non-hydrogen) atoms. The Morgan fingerprint density at radius 2 is 1.48 bits per heavy atom. The second-order valence-corrected chi connectivity index (χ2v) is 7.17. The summed E-state index contributed by atoms with van der Waals surface area (Å²) in [4.78, 5) is 17.1. The van der Waals surface area contributed by atoms with Gasteiger partial charge in [-0.2, -0.15) is 15.3 Å². The van der Waals surface area contributed by atoms with Gasteiger partial charge >= 0.3 is 5.69 Å². The Bertz CT molecular complexity index is 1520. The van der Waals surface area contributed by atoms with E-state index in [4.69, 9.17) is 9.68 Å². The molecule has 2 heterocycles. The van der Waals surface area contributed by atoms with Crippen molar-refractivity contribution in [1.82, 2.24) is 25.0 Å². The van der Waals surface area contributed by atoms with Crippen LogP contribution in [0.2, 0.25) is 0 Å². The molecule has 0 radical (unpaired) electrons. The van der Waals surface area contributed by atoms with E-state index in [9.17, 15) is 4.79 Å². The van der Waals surface area contributed by atoms with Crippen LogP contribution >= 0.6 is 0 Å². The fourth-order valence-corrected chi connectivity index (χ4v) is 3.39. The molecule has 0 atom stereocenters. The van der Waals surface area contributed by atoms with Gasteiger partial charge in [0.25, 0.3) is 0 Å². The highest BCUT2D eigenvalue weighted by Gasteiger charge is 2.17. The van der Waals surface area contributed by atoms with Crippen LogP contribution in [0.25, 0.3) is 34.0 Å². The molecule has 8 nitrogen and oxygen atoms in total. The second kappa shape index (κ2) is 8.69. The molecule has 0 fully saturated rings. The summed E-state index contributed by atoms with van der Waals surface area (Å²) in [5, 5.41) is 21.8. The Morgan fingerprint density at radius 3 is 2.18 bits per heavy atom. The zero-order valence-electron chi connectivity index (χ0n) is 17.3. The molecule has 0 saturated heterocycles. The third-order valence-corrected chi connectivity index (χ3v) is 4.96. The molecule has 0 aliphatic heterocycles. The van der Waals surface area contributed by atoms with E-state index >= 15 is 0 Å². The highest BCUT2D eigenvalue weighted by molar-refractivity contribution is 5.77. The summed E-state index contributed by atoms with van der Waals surface area (Å²) in [6.45, 7) is -0.0360. The molecular formula is C25H16N6O2. The maximum absolute atomic E-state index is 12.8. The van der Waals surface area contributed by atoms with Gasteiger partial charge in [0.15, 0.2) is 0 Å². The highest BCUT2D eigenvalue weighted by Crippen LogP contribution is 2.27. The summed E-state index contributed by atoms with van der Waals surface area (Å²) in [5.74, 6) is 0.461. The maximum Gasteiger partial charge on any atom is 0.365 e. The van der Waals surface area contributed by atoms with Crippen LogP contribution in [0.15, 0.2) is 94.1 Å². The predicted molar refractivity (Wildman–Crippen MR) is 121 cm³/mol. The molecule has 5 aromatic rings. The second-order valence-electron chi connectivity index (χ2n) is 7.17. The van der Waals surface area contributed by atoms with Gasteiger partial charge in [-0.25, -0.2) is 9.48 Å². The van der Waals surface area contributed by atoms with E-state index in [0.717, 1.165) is 11.1 Å². The first kappa shape index (κ1) is 20.0. The van der Waals surface area contributed by atoms with Crippen LogP contribution in [0.1, 0.15) is 11.5 Å². The molecule has 2 aromatic heterocycles. The lowest BCUT2D eigenvalue weighted by Gasteiger charge is -2.10. The first-order valence-corrected chi connectivity index (χ1v) is 10.1. The molecule has 158 valence electrons. The largest absolute Gasteiger partial charge is 0.419 e. The fraction of sp³-hybridized carbons (Fsp3) is 0.0400. The number of nitrogens with zero attached hydrogens (tertiary/aromatic N) is 6. The molecule has 3 aromatic carbocycles. The molecule has 8 heteroatoms. The predicted octanol–water partition coefficient (Wildman–Crippen LogP) is 3.94. The number of nitriles is 1. The summed E-state index contributed by atoms with van der Waals surface area (Å²) in [5.41, 5.74) is 3.28. The minimum Gasteiger partial charge on any atom is -0.419 e. The van der Waals surface area contributed by atoms with Crippen molar-refractivity contribution < 1.29 is 4.42 Å². The molecule has 0 N–H and O–H groups in total. The highest BCUT2D eigenvalue weighted by atomic mass is 16.4. The van der Waals surface area contributed by atoms with Gasteiger partial charge in [-0.15, -0.1) is 10.2 Å². The summed E-state index contributed by atoms with van der Waals surface area (Å²) in [6.07, 6.45) is 0. The minimum atomic E-state index is -0.528. The molecule has 0 aliphatic carbocycles. The van der Waals surface area contributed by atoms with Gasteiger partial charge in [-0.05, 0) is 18.2 Å². The van der Waals surface area contributed by atoms with Crippen LogP contribution in [-0.4, -0.2) is 25.0 Å². The lowest BCUT2D eigenvalue weighted by molar-refractivity contribution is 0.462. The van der Waals surface area contributed by atoms with Crippen molar-refractivity contribution in [2.45, 2.75) is 6.54 Å². The molecule has 5 rings (SSSR count). The van der Waals surface area contributed by atoms with Crippen LogP contribution in [0.3, 0.4) is 0 Å². The first-order valence-electron chi connectivity index (χ1n) is 10.1. The Labute approximate surface area is 188 Å². The van der Waals surface area contributed by atoms with E-state index in [1.807, 2.05) is 60.7 Å². The summed E-state index contributed by atoms with van der Waals surface area (Å²) < 4.78 is 6.94. The average Bonchev–Trinajstić information content (AvgIpc) is 3.35. The van der Waals surface area contributed by atoms with Crippen LogP contribution in [0, 0.1) is 11.3 Å². The Morgan fingerprint density at radius 1 is 0.818 bits per heavy atom. The summed E-state index contributed by atoms with van der Waals surface area (Å²) >= 11 is 0. The van der Waals surface area contributed by atoms with Gasteiger partial charge < -0.3 is 4.42 Å². The zero-order chi connectivity index (χ0) is 22.6. The topological polar surface area (TPSA) is 110 Å². The summed E-state index contributed by atoms with van der Waals surface area (Å²) in [6, 6.07) is 27.9. The monoisotopic (exact) mass is 432 g/mol. The third-order valence-electron chi connectivity index (χ3n) is 4.96. The molecule has 0 unspecified atom stereocenters. The SMILES string of the molecule is N#Cc1cccc(-c2nnc(Cn3nc(-c4ccccc4)c(-c4ccccc4)nc3=O)o2)c1. The first-order chi connectivity index (χ1) is 16.2. The van der Waals surface area contributed by atoms with E-state index in [0.29, 0.717) is 22.5 Å². The number of hydrogen-bond donors (Lipinski definition) is 0. The van der Waals surface area contributed by atoms with Crippen molar-refractivity contribution in [3.05, 3.63) is 107 Å². The molecule has 0 amide bonds. The normalized spacial score (nSPS) is 10.6. The standard InChI is InChI=1S/C25H16N6O2/c26-15-17-8-7-13-20(14-17)24-29-28-21(33-24)16-31-25(32)27-22(18-9-3-1-4-10-18)23(30-31)19-11-5-2-6-12-19/h1-14H,16H2. The van der Waals surface area contributed by atoms with E-state index in [-0.39, 0.29) is 18.3 Å². The van der Waals surface area contributed by atoms with Crippen molar-refractivity contribution in [3.63, 3.8) is 0 Å². The van der Waals surface area contributed by atoms with Crippen LogP contribution in [0.5, 0.6) is 0 Å². The van der Waals surface area contributed by atoms with E-state index in [2.05, 4.69) is 26.3 Å². The lowest BCUT2D eigenvalue weighted by atomic mass is 10.0. The van der Waals surface area contributed by atoms with E-state index in [1.54, 1.807) is 24.3 Å². The van der Waals surface area contributed by atoms with Gasteiger partial charge in [0.2, 0.25) is 11.8 Å². The van der Waals surface area contributed by atoms with Crippen LogP contribution < -0.4 is 5.69 Å². The Balaban J connectivity index is 1.54. The van der Waals surface area contributed by atoms with Gasteiger partial charge in [0.1, 0.15) is 17.9 Å². The number of benzene rings is 3. The minimum absolute atomic E-state index is 0.0360.